The molecule has 0 aliphatic carbocycles. The van der Waals surface area contributed by atoms with Crippen molar-refractivity contribution in [1.29, 1.82) is 0 Å². The standard InChI is InChI=1S/C31H26N4O6S/c1-41-28-17-8-6-15-25(28)33-29(36)20-42-24-14-9-13-23(19-24)32-31(38)26(34-30(37)21-10-3-2-4-11-21)18-22-12-5-7-16-27(22)35(39)40/h2-19H,20H2,1H3,(H,32,38)(H,33,36)(H,34,37)/b26-18+. The summed E-state index contributed by atoms with van der Waals surface area (Å²) in [7, 11) is 1.52. The SMILES string of the molecule is COc1ccccc1NC(=O)CSc1cccc(NC(=O)/C(=C\c2ccccc2[N+](=O)[O-])NC(=O)c2ccccc2)c1. The summed E-state index contributed by atoms with van der Waals surface area (Å²) in [6.07, 6.45) is 1.26. The van der Waals surface area contributed by atoms with Crippen molar-refractivity contribution in [2.75, 3.05) is 23.5 Å². The molecule has 212 valence electrons. The molecular formula is C31H26N4O6S. The maximum atomic E-state index is 13.4. The highest BCUT2D eigenvalue weighted by molar-refractivity contribution is 8.00. The first-order chi connectivity index (χ1) is 20.3. The van der Waals surface area contributed by atoms with Gasteiger partial charge in [0.05, 0.1) is 29.0 Å². The van der Waals surface area contributed by atoms with E-state index in [1.54, 1.807) is 84.9 Å². The lowest BCUT2D eigenvalue weighted by atomic mass is 10.1. The van der Waals surface area contributed by atoms with Crippen LogP contribution < -0.4 is 20.7 Å². The summed E-state index contributed by atoms with van der Waals surface area (Å²) in [5, 5.41) is 19.7. The number of rotatable bonds is 11. The van der Waals surface area contributed by atoms with Crippen LogP contribution in [0.4, 0.5) is 17.1 Å². The number of nitrogens with zero attached hydrogens (tertiary/aromatic N) is 1. The van der Waals surface area contributed by atoms with Crippen LogP contribution in [0.3, 0.4) is 0 Å². The van der Waals surface area contributed by atoms with Gasteiger partial charge in [-0.3, -0.25) is 24.5 Å². The fourth-order valence-corrected chi connectivity index (χ4v) is 4.57. The fraction of sp³-hybridized carbons (Fsp3) is 0.0645. The summed E-state index contributed by atoms with van der Waals surface area (Å²) in [6.45, 7) is 0. The number of amides is 3. The van der Waals surface area contributed by atoms with E-state index < -0.39 is 16.7 Å². The Balaban J connectivity index is 1.50. The molecule has 4 rings (SSSR count). The fourth-order valence-electron chi connectivity index (χ4n) is 3.82. The number of nitrogens with one attached hydrogen (secondary N) is 3. The largest absolute Gasteiger partial charge is 0.495 e. The van der Waals surface area contributed by atoms with Crippen LogP contribution in [0.5, 0.6) is 5.75 Å². The molecule has 0 spiro atoms. The van der Waals surface area contributed by atoms with Gasteiger partial charge in [0, 0.05) is 22.2 Å². The van der Waals surface area contributed by atoms with Crippen LogP contribution in [0.25, 0.3) is 6.08 Å². The Labute approximate surface area is 245 Å². The number of carbonyl (C=O) groups excluding carboxylic acids is 3. The van der Waals surface area contributed by atoms with Crippen LogP contribution in [0.2, 0.25) is 0 Å². The molecule has 0 bridgehead atoms. The van der Waals surface area contributed by atoms with Gasteiger partial charge < -0.3 is 20.7 Å². The summed E-state index contributed by atoms with van der Waals surface area (Å²) in [6, 6.07) is 28.1. The number of benzene rings is 4. The van der Waals surface area contributed by atoms with Gasteiger partial charge in [-0.25, -0.2) is 0 Å². The first kappa shape index (κ1) is 29.6. The molecule has 0 atom stereocenters. The maximum Gasteiger partial charge on any atom is 0.276 e. The Hall–Kier alpha value is -5.42. The first-order valence-electron chi connectivity index (χ1n) is 12.6. The van der Waals surface area contributed by atoms with Gasteiger partial charge in [0.25, 0.3) is 17.5 Å². The van der Waals surface area contributed by atoms with Gasteiger partial charge >= 0.3 is 0 Å². The number of carbonyl (C=O) groups is 3. The summed E-state index contributed by atoms with van der Waals surface area (Å²) in [5.41, 5.74) is 1.00. The monoisotopic (exact) mass is 582 g/mol. The van der Waals surface area contributed by atoms with Crippen LogP contribution in [-0.4, -0.2) is 35.5 Å². The number of hydrogen-bond donors (Lipinski definition) is 3. The second-order valence-corrected chi connectivity index (χ2v) is 9.76. The second-order valence-electron chi connectivity index (χ2n) is 8.71. The lowest BCUT2D eigenvalue weighted by Crippen LogP contribution is -2.30. The van der Waals surface area contributed by atoms with Gasteiger partial charge in [0.2, 0.25) is 5.91 Å². The molecule has 0 aliphatic heterocycles. The summed E-state index contributed by atoms with van der Waals surface area (Å²) in [5.74, 6) is -0.831. The van der Waals surface area contributed by atoms with E-state index in [-0.39, 0.29) is 28.6 Å². The van der Waals surface area contributed by atoms with Gasteiger partial charge in [-0.1, -0.05) is 48.5 Å². The molecule has 0 heterocycles. The van der Waals surface area contributed by atoms with Crippen molar-refractivity contribution in [3.05, 3.63) is 130 Å². The summed E-state index contributed by atoms with van der Waals surface area (Å²) in [4.78, 5) is 50.4. The summed E-state index contributed by atoms with van der Waals surface area (Å²) >= 11 is 1.26. The zero-order chi connectivity index (χ0) is 29.9. The second kappa shape index (κ2) is 14.3. The predicted molar refractivity (Wildman–Crippen MR) is 162 cm³/mol. The summed E-state index contributed by atoms with van der Waals surface area (Å²) < 4.78 is 5.26. The van der Waals surface area contributed by atoms with Crippen LogP contribution in [-0.2, 0) is 9.59 Å². The zero-order valence-corrected chi connectivity index (χ0v) is 23.2. The highest BCUT2D eigenvalue weighted by Gasteiger charge is 2.18. The number of para-hydroxylation sites is 3. The normalized spacial score (nSPS) is 10.8. The predicted octanol–water partition coefficient (Wildman–Crippen LogP) is 5.74. The third-order valence-corrected chi connectivity index (χ3v) is 6.80. The zero-order valence-electron chi connectivity index (χ0n) is 22.4. The molecule has 10 nitrogen and oxygen atoms in total. The third kappa shape index (κ3) is 8.05. The Morgan fingerprint density at radius 1 is 0.881 bits per heavy atom. The molecule has 4 aromatic rings. The van der Waals surface area contributed by atoms with E-state index in [0.717, 1.165) is 0 Å². The van der Waals surface area contributed by atoms with Crippen molar-refractivity contribution < 1.29 is 24.0 Å². The molecule has 0 saturated heterocycles. The first-order valence-corrected chi connectivity index (χ1v) is 13.6. The number of nitro benzene ring substituents is 1. The molecule has 11 heteroatoms. The van der Waals surface area contributed by atoms with Crippen molar-refractivity contribution >= 4 is 52.6 Å². The van der Waals surface area contributed by atoms with E-state index >= 15 is 0 Å². The van der Waals surface area contributed by atoms with Crippen molar-refractivity contribution in [1.82, 2.24) is 5.32 Å². The molecule has 3 N–H and O–H groups in total. The lowest BCUT2D eigenvalue weighted by molar-refractivity contribution is -0.385. The van der Waals surface area contributed by atoms with Gasteiger partial charge in [-0.15, -0.1) is 11.8 Å². The highest BCUT2D eigenvalue weighted by atomic mass is 32.2. The maximum absolute atomic E-state index is 13.4. The average molecular weight is 583 g/mol. The molecule has 0 fully saturated rings. The number of hydrogen-bond acceptors (Lipinski definition) is 7. The minimum Gasteiger partial charge on any atom is -0.495 e. The minimum atomic E-state index is -0.687. The van der Waals surface area contributed by atoms with E-state index in [2.05, 4.69) is 16.0 Å². The Bertz CT molecular complexity index is 1640. The topological polar surface area (TPSA) is 140 Å². The molecule has 0 aromatic heterocycles. The Kier molecular flexibility index (Phi) is 10.1. The van der Waals surface area contributed by atoms with Crippen molar-refractivity contribution in [3.8, 4) is 5.75 Å². The van der Waals surface area contributed by atoms with Crippen LogP contribution in [0.15, 0.2) is 114 Å². The Morgan fingerprint density at radius 2 is 1.60 bits per heavy atom. The third-order valence-electron chi connectivity index (χ3n) is 5.80. The highest BCUT2D eigenvalue weighted by Crippen LogP contribution is 2.26. The van der Waals surface area contributed by atoms with E-state index in [1.807, 2.05) is 0 Å². The van der Waals surface area contributed by atoms with Crippen LogP contribution in [0, 0.1) is 10.1 Å². The molecule has 0 unspecified atom stereocenters. The number of methoxy groups -OCH3 is 1. The average Bonchev–Trinajstić information content (AvgIpc) is 3.00. The van der Waals surface area contributed by atoms with Crippen molar-refractivity contribution in [3.63, 3.8) is 0 Å². The smallest absolute Gasteiger partial charge is 0.276 e. The number of thioether (sulfide) groups is 1. The van der Waals surface area contributed by atoms with E-state index in [9.17, 15) is 24.5 Å². The molecule has 3 amide bonds. The molecule has 0 aliphatic rings. The molecule has 42 heavy (non-hydrogen) atoms. The number of nitro groups is 1. The molecule has 4 aromatic carbocycles. The molecular weight excluding hydrogens is 556 g/mol. The van der Waals surface area contributed by atoms with Gasteiger partial charge in [-0.05, 0) is 54.6 Å². The minimum absolute atomic E-state index is 0.103. The van der Waals surface area contributed by atoms with Crippen molar-refractivity contribution in [2.24, 2.45) is 0 Å². The quantitative estimate of drug-likeness (QED) is 0.0886. The van der Waals surface area contributed by atoms with E-state index in [4.69, 9.17) is 4.74 Å². The molecule has 0 saturated carbocycles. The number of ether oxygens (including phenoxy) is 1. The van der Waals surface area contributed by atoms with Crippen LogP contribution in [0.1, 0.15) is 15.9 Å². The lowest BCUT2D eigenvalue weighted by Gasteiger charge is -2.12. The van der Waals surface area contributed by atoms with Gasteiger partial charge in [-0.2, -0.15) is 0 Å². The van der Waals surface area contributed by atoms with Crippen LogP contribution >= 0.6 is 11.8 Å². The van der Waals surface area contributed by atoms with E-state index in [1.165, 1.54) is 43.1 Å². The van der Waals surface area contributed by atoms with Gasteiger partial charge in [0.15, 0.2) is 0 Å². The van der Waals surface area contributed by atoms with E-state index in [0.29, 0.717) is 27.6 Å². The van der Waals surface area contributed by atoms with Gasteiger partial charge in [0.1, 0.15) is 11.4 Å². The molecule has 0 radical (unpaired) electrons. The van der Waals surface area contributed by atoms with Crippen molar-refractivity contribution in [2.45, 2.75) is 4.90 Å². The Morgan fingerprint density at radius 3 is 2.36 bits per heavy atom. The number of anilines is 2.